The van der Waals surface area contributed by atoms with Crippen molar-refractivity contribution in [2.75, 3.05) is 25.7 Å². The average molecular weight is 450 g/mol. The van der Waals surface area contributed by atoms with Gasteiger partial charge in [-0.1, -0.05) is 36.4 Å². The Morgan fingerprint density at radius 3 is 2.47 bits per heavy atom. The standard InChI is InChI=1S/C25H23N3O3.ClH/c1-29-23-13-20-21(14-24(23)30-2)26-16-27-25(20)28-11-10-18-8-9-19(12-22(18)28)31-15-17-6-4-3-5-7-17;/h3-9,12-14,16H,10-11,15H2,1-2H3;1H. The van der Waals surface area contributed by atoms with Crippen molar-refractivity contribution >= 4 is 34.8 Å². The molecule has 0 amide bonds. The molecule has 5 rings (SSSR count). The van der Waals surface area contributed by atoms with Gasteiger partial charge in [0.2, 0.25) is 0 Å². The third kappa shape index (κ3) is 4.01. The maximum Gasteiger partial charge on any atom is 0.162 e. The number of halogens is 1. The highest BCUT2D eigenvalue weighted by Gasteiger charge is 2.24. The summed E-state index contributed by atoms with van der Waals surface area (Å²) in [6.45, 7) is 1.38. The minimum absolute atomic E-state index is 0. The maximum absolute atomic E-state index is 6.06. The zero-order chi connectivity index (χ0) is 21.2. The number of aromatic nitrogens is 2. The number of fused-ring (bicyclic) bond motifs is 2. The van der Waals surface area contributed by atoms with E-state index in [1.165, 1.54) is 5.56 Å². The Balaban J connectivity index is 0.00000245. The van der Waals surface area contributed by atoms with Gasteiger partial charge in [0.25, 0.3) is 0 Å². The van der Waals surface area contributed by atoms with Crippen molar-refractivity contribution < 1.29 is 14.2 Å². The first-order valence-electron chi connectivity index (χ1n) is 10.2. The van der Waals surface area contributed by atoms with Crippen molar-refractivity contribution in [3.05, 3.63) is 78.1 Å². The van der Waals surface area contributed by atoms with E-state index >= 15 is 0 Å². The van der Waals surface area contributed by atoms with E-state index < -0.39 is 0 Å². The number of hydrogen-bond acceptors (Lipinski definition) is 6. The molecule has 32 heavy (non-hydrogen) atoms. The highest BCUT2D eigenvalue weighted by Crippen LogP contribution is 2.41. The summed E-state index contributed by atoms with van der Waals surface area (Å²) in [6, 6.07) is 20.3. The van der Waals surface area contributed by atoms with Gasteiger partial charge in [0.05, 0.1) is 19.7 Å². The van der Waals surface area contributed by atoms with E-state index in [9.17, 15) is 0 Å². The molecule has 7 heteroatoms. The van der Waals surface area contributed by atoms with Crippen molar-refractivity contribution in [2.45, 2.75) is 13.0 Å². The molecule has 0 bridgehead atoms. The Bertz CT molecular complexity index is 1230. The van der Waals surface area contributed by atoms with Gasteiger partial charge in [0, 0.05) is 29.8 Å². The lowest BCUT2D eigenvalue weighted by Crippen LogP contribution is -2.15. The summed E-state index contributed by atoms with van der Waals surface area (Å²) in [5.41, 5.74) is 4.34. The van der Waals surface area contributed by atoms with Crippen LogP contribution in [0.5, 0.6) is 17.2 Å². The molecule has 0 unspecified atom stereocenters. The van der Waals surface area contributed by atoms with Crippen LogP contribution in [-0.4, -0.2) is 30.7 Å². The molecule has 1 aliphatic rings. The second-order valence-electron chi connectivity index (χ2n) is 7.39. The third-order valence-corrected chi connectivity index (χ3v) is 5.58. The summed E-state index contributed by atoms with van der Waals surface area (Å²) in [6.07, 6.45) is 2.55. The largest absolute Gasteiger partial charge is 0.493 e. The van der Waals surface area contributed by atoms with Gasteiger partial charge >= 0.3 is 0 Å². The minimum atomic E-state index is 0. The minimum Gasteiger partial charge on any atom is -0.493 e. The molecule has 164 valence electrons. The van der Waals surface area contributed by atoms with E-state index in [1.54, 1.807) is 20.5 Å². The van der Waals surface area contributed by atoms with Crippen LogP contribution in [0.2, 0.25) is 0 Å². The van der Waals surface area contributed by atoms with Gasteiger partial charge in [-0.05, 0) is 29.7 Å². The van der Waals surface area contributed by atoms with Gasteiger partial charge in [0.1, 0.15) is 24.5 Å². The SMILES string of the molecule is COc1cc2ncnc(N3CCc4ccc(OCc5ccccc5)cc43)c2cc1OC.Cl. The highest BCUT2D eigenvalue weighted by atomic mass is 35.5. The molecule has 0 saturated carbocycles. The summed E-state index contributed by atoms with van der Waals surface area (Å²) >= 11 is 0. The van der Waals surface area contributed by atoms with Crippen molar-refractivity contribution in [1.82, 2.24) is 9.97 Å². The molecular formula is C25H24ClN3O3. The number of ether oxygens (including phenoxy) is 3. The lowest BCUT2D eigenvalue weighted by atomic mass is 10.1. The number of hydrogen-bond donors (Lipinski definition) is 0. The third-order valence-electron chi connectivity index (χ3n) is 5.58. The lowest BCUT2D eigenvalue weighted by molar-refractivity contribution is 0.306. The molecule has 4 aromatic rings. The number of nitrogens with zero attached hydrogens (tertiary/aromatic N) is 3. The van der Waals surface area contributed by atoms with Crippen molar-refractivity contribution in [3.8, 4) is 17.2 Å². The van der Waals surface area contributed by atoms with Gasteiger partial charge in [0.15, 0.2) is 11.5 Å². The van der Waals surface area contributed by atoms with Crippen molar-refractivity contribution in [1.29, 1.82) is 0 Å². The van der Waals surface area contributed by atoms with Gasteiger partial charge in [-0.2, -0.15) is 0 Å². The molecule has 0 radical (unpaired) electrons. The highest BCUT2D eigenvalue weighted by molar-refractivity contribution is 5.94. The first-order chi connectivity index (χ1) is 15.3. The molecule has 0 atom stereocenters. The molecular weight excluding hydrogens is 426 g/mol. The molecule has 6 nitrogen and oxygen atoms in total. The second kappa shape index (κ2) is 9.32. The Morgan fingerprint density at radius 2 is 1.69 bits per heavy atom. The summed E-state index contributed by atoms with van der Waals surface area (Å²) in [7, 11) is 3.26. The van der Waals surface area contributed by atoms with E-state index in [2.05, 4.69) is 39.1 Å². The Labute approximate surface area is 193 Å². The summed E-state index contributed by atoms with van der Waals surface area (Å²) in [5, 5.41) is 0.920. The van der Waals surface area contributed by atoms with Crippen LogP contribution >= 0.6 is 12.4 Å². The molecule has 1 aromatic heterocycles. The number of rotatable bonds is 6. The van der Waals surface area contributed by atoms with Crippen LogP contribution in [0.15, 0.2) is 67.0 Å². The van der Waals surface area contributed by atoms with Crippen LogP contribution in [0.3, 0.4) is 0 Å². The Morgan fingerprint density at radius 1 is 0.906 bits per heavy atom. The van der Waals surface area contributed by atoms with Crippen LogP contribution in [-0.2, 0) is 13.0 Å². The maximum atomic E-state index is 6.06. The normalized spacial score (nSPS) is 12.2. The molecule has 0 spiro atoms. The number of methoxy groups -OCH3 is 2. The first kappa shape index (κ1) is 21.7. The summed E-state index contributed by atoms with van der Waals surface area (Å²) in [5.74, 6) is 3.00. The van der Waals surface area contributed by atoms with Gasteiger partial charge in [-0.15, -0.1) is 12.4 Å². The molecule has 0 fully saturated rings. The first-order valence-corrected chi connectivity index (χ1v) is 10.2. The Kier molecular flexibility index (Phi) is 6.32. The quantitative estimate of drug-likeness (QED) is 0.396. The van der Waals surface area contributed by atoms with Gasteiger partial charge in [-0.3, -0.25) is 0 Å². The average Bonchev–Trinajstić information content (AvgIpc) is 3.25. The monoisotopic (exact) mass is 449 g/mol. The fourth-order valence-electron chi connectivity index (χ4n) is 3.99. The van der Waals surface area contributed by atoms with Gasteiger partial charge < -0.3 is 19.1 Å². The van der Waals surface area contributed by atoms with Crippen LogP contribution in [0.1, 0.15) is 11.1 Å². The summed E-state index contributed by atoms with van der Waals surface area (Å²) < 4.78 is 17.0. The summed E-state index contributed by atoms with van der Waals surface area (Å²) in [4.78, 5) is 11.3. The fourth-order valence-corrected chi connectivity index (χ4v) is 3.99. The predicted octanol–water partition coefficient (Wildman–Crippen LogP) is 5.34. The van der Waals surface area contributed by atoms with Gasteiger partial charge in [-0.25, -0.2) is 9.97 Å². The Hall–Kier alpha value is -3.51. The molecule has 1 aliphatic heterocycles. The zero-order valence-corrected chi connectivity index (χ0v) is 18.8. The second-order valence-corrected chi connectivity index (χ2v) is 7.39. The van der Waals surface area contributed by atoms with E-state index in [4.69, 9.17) is 14.2 Å². The van der Waals surface area contributed by atoms with Crippen LogP contribution < -0.4 is 19.1 Å². The van der Waals surface area contributed by atoms with Crippen molar-refractivity contribution in [2.24, 2.45) is 0 Å². The van der Waals surface area contributed by atoms with Crippen LogP contribution in [0, 0.1) is 0 Å². The zero-order valence-electron chi connectivity index (χ0n) is 17.9. The number of anilines is 2. The topological polar surface area (TPSA) is 56.7 Å². The number of benzene rings is 3. The van der Waals surface area contributed by atoms with E-state index in [0.717, 1.165) is 46.7 Å². The molecule has 0 saturated heterocycles. The van der Waals surface area contributed by atoms with E-state index in [0.29, 0.717) is 18.1 Å². The molecule has 0 N–H and O–H groups in total. The van der Waals surface area contributed by atoms with Crippen LogP contribution in [0.25, 0.3) is 10.9 Å². The lowest BCUT2D eigenvalue weighted by Gasteiger charge is -2.21. The molecule has 2 heterocycles. The van der Waals surface area contributed by atoms with E-state index in [-0.39, 0.29) is 12.4 Å². The fraction of sp³-hybridized carbons (Fsp3) is 0.200. The predicted molar refractivity (Wildman–Crippen MR) is 128 cm³/mol. The molecule has 0 aliphatic carbocycles. The van der Waals surface area contributed by atoms with Crippen molar-refractivity contribution in [3.63, 3.8) is 0 Å². The van der Waals surface area contributed by atoms with Crippen LogP contribution in [0.4, 0.5) is 11.5 Å². The van der Waals surface area contributed by atoms with E-state index in [1.807, 2.05) is 36.4 Å². The molecule has 3 aromatic carbocycles. The smallest absolute Gasteiger partial charge is 0.162 e.